The largest absolute Gasteiger partial charge is 0.460 e. The Morgan fingerprint density at radius 2 is 2.41 bits per heavy atom. The summed E-state index contributed by atoms with van der Waals surface area (Å²) in [6.07, 6.45) is 3.47. The highest BCUT2D eigenvalue weighted by molar-refractivity contribution is 7.71. The van der Waals surface area contributed by atoms with E-state index in [4.69, 9.17) is 16.6 Å². The summed E-state index contributed by atoms with van der Waals surface area (Å²) >= 11 is 5.11. The average molecular weight is 250 g/mol. The number of H-pyrrole nitrogens is 1. The van der Waals surface area contributed by atoms with Crippen LogP contribution < -0.4 is 0 Å². The second-order valence-electron chi connectivity index (χ2n) is 3.70. The minimum absolute atomic E-state index is 0.493. The molecule has 0 bridgehead atoms. The van der Waals surface area contributed by atoms with Gasteiger partial charge in [-0.15, -0.1) is 0 Å². The van der Waals surface area contributed by atoms with Gasteiger partial charge in [0.25, 0.3) is 0 Å². The molecule has 0 unspecified atom stereocenters. The van der Waals surface area contributed by atoms with Crippen LogP contribution in [0.1, 0.15) is 30.7 Å². The summed E-state index contributed by atoms with van der Waals surface area (Å²) in [5.41, 5.74) is 0. The Balaban J connectivity index is 2.26. The maximum absolute atomic E-state index is 5.39. The number of furan rings is 1. The molecule has 1 N–H and O–H groups in total. The van der Waals surface area contributed by atoms with Gasteiger partial charge in [-0.2, -0.15) is 14.9 Å². The van der Waals surface area contributed by atoms with Crippen LogP contribution in [0.5, 0.6) is 0 Å². The van der Waals surface area contributed by atoms with Crippen molar-refractivity contribution >= 4 is 18.4 Å². The van der Waals surface area contributed by atoms with E-state index >= 15 is 0 Å². The Labute approximate surface area is 104 Å². The lowest BCUT2D eigenvalue weighted by Gasteiger charge is -1.96. The Hall–Kier alpha value is -1.69. The first-order valence-corrected chi connectivity index (χ1v) is 5.88. The molecule has 0 aliphatic heterocycles. The second kappa shape index (κ2) is 5.09. The normalized spacial score (nSPS) is 11.4. The number of rotatable bonds is 4. The average Bonchev–Trinajstić information content (AvgIpc) is 2.85. The van der Waals surface area contributed by atoms with Crippen LogP contribution in [0.15, 0.2) is 21.7 Å². The summed E-state index contributed by atoms with van der Waals surface area (Å²) in [5, 5.41) is 11.1. The van der Waals surface area contributed by atoms with Crippen molar-refractivity contribution in [1.82, 2.24) is 14.9 Å². The smallest absolute Gasteiger partial charge is 0.216 e. The number of nitrogens with zero attached hydrogens (tertiary/aromatic N) is 3. The van der Waals surface area contributed by atoms with Gasteiger partial charge in [0.1, 0.15) is 11.5 Å². The molecule has 2 aromatic heterocycles. The first-order chi connectivity index (χ1) is 8.20. The molecular formula is C11H14N4OS. The molecule has 0 saturated carbocycles. The zero-order valence-electron chi connectivity index (χ0n) is 9.80. The molecule has 0 amide bonds. The fraction of sp³-hybridized carbons (Fsp3) is 0.364. The van der Waals surface area contributed by atoms with Gasteiger partial charge in [0.05, 0.1) is 6.21 Å². The highest BCUT2D eigenvalue weighted by atomic mass is 32.1. The number of aryl methyl sites for hydroxylation is 2. The number of aromatic amines is 1. The van der Waals surface area contributed by atoms with Crippen molar-refractivity contribution in [2.24, 2.45) is 5.10 Å². The molecule has 6 heteroatoms. The lowest BCUT2D eigenvalue weighted by molar-refractivity contribution is 0.527. The van der Waals surface area contributed by atoms with Crippen LogP contribution >= 0.6 is 12.2 Å². The summed E-state index contributed by atoms with van der Waals surface area (Å²) in [6, 6.07) is 3.75. The lowest BCUT2D eigenvalue weighted by atomic mass is 10.3. The van der Waals surface area contributed by atoms with Crippen LogP contribution in [0.4, 0.5) is 0 Å². The molecule has 0 aliphatic rings. The maximum Gasteiger partial charge on any atom is 0.216 e. The van der Waals surface area contributed by atoms with Gasteiger partial charge in [0.15, 0.2) is 5.82 Å². The maximum atomic E-state index is 5.39. The quantitative estimate of drug-likeness (QED) is 0.670. The minimum Gasteiger partial charge on any atom is -0.460 e. The topological polar surface area (TPSA) is 59.1 Å². The highest BCUT2D eigenvalue weighted by Gasteiger charge is 2.03. The summed E-state index contributed by atoms with van der Waals surface area (Å²) < 4.78 is 7.51. The van der Waals surface area contributed by atoms with Gasteiger partial charge >= 0.3 is 0 Å². The molecule has 0 fully saturated rings. The molecule has 2 rings (SSSR count). The fourth-order valence-electron chi connectivity index (χ4n) is 1.47. The first-order valence-electron chi connectivity index (χ1n) is 5.48. The van der Waals surface area contributed by atoms with Crippen LogP contribution in [0.3, 0.4) is 0 Å². The van der Waals surface area contributed by atoms with E-state index in [1.54, 1.807) is 10.9 Å². The van der Waals surface area contributed by atoms with Gasteiger partial charge in [0.2, 0.25) is 4.77 Å². The molecule has 0 saturated heterocycles. The Kier molecular flexibility index (Phi) is 3.53. The zero-order chi connectivity index (χ0) is 12.3. The Bertz CT molecular complexity index is 578. The molecule has 0 aromatic carbocycles. The van der Waals surface area contributed by atoms with Crippen molar-refractivity contribution in [1.29, 1.82) is 0 Å². The summed E-state index contributed by atoms with van der Waals surface area (Å²) in [4.78, 5) is 0. The standard InChI is InChI=1S/C11H14N4OS/c1-3-4-10-13-14-11(17)15(10)12-7-9-6-5-8(2)16-9/h5-7H,3-4H2,1-2H3,(H,14,17)/b12-7-. The van der Waals surface area contributed by atoms with Gasteiger partial charge < -0.3 is 4.42 Å². The molecule has 90 valence electrons. The number of hydrogen-bond donors (Lipinski definition) is 1. The van der Waals surface area contributed by atoms with Gasteiger partial charge in [-0.05, 0) is 37.7 Å². The summed E-state index contributed by atoms with van der Waals surface area (Å²) in [7, 11) is 0. The van der Waals surface area contributed by atoms with Crippen molar-refractivity contribution in [2.75, 3.05) is 0 Å². The van der Waals surface area contributed by atoms with Crippen molar-refractivity contribution in [2.45, 2.75) is 26.7 Å². The molecule has 0 aliphatic carbocycles. The van der Waals surface area contributed by atoms with Crippen LogP contribution in [0.2, 0.25) is 0 Å². The van der Waals surface area contributed by atoms with Crippen LogP contribution in [-0.4, -0.2) is 21.1 Å². The zero-order valence-corrected chi connectivity index (χ0v) is 10.6. The number of hydrogen-bond acceptors (Lipinski definition) is 4. The predicted octanol–water partition coefficient (Wildman–Crippen LogP) is 2.68. The lowest BCUT2D eigenvalue weighted by Crippen LogP contribution is -1.98. The van der Waals surface area contributed by atoms with E-state index in [2.05, 4.69) is 22.2 Å². The molecule has 0 atom stereocenters. The van der Waals surface area contributed by atoms with Crippen LogP contribution in [0.25, 0.3) is 0 Å². The SMILES string of the molecule is CCCc1n[nH]c(=S)n1/N=C\c1ccc(C)o1. The number of aromatic nitrogens is 3. The molecule has 2 aromatic rings. The third-order valence-corrected chi connectivity index (χ3v) is 2.52. The second-order valence-corrected chi connectivity index (χ2v) is 4.09. The molecule has 5 nitrogen and oxygen atoms in total. The summed E-state index contributed by atoms with van der Waals surface area (Å²) in [6.45, 7) is 3.98. The van der Waals surface area contributed by atoms with Gasteiger partial charge in [0, 0.05) is 6.42 Å². The Morgan fingerprint density at radius 1 is 1.59 bits per heavy atom. The molecule has 0 spiro atoms. The van der Waals surface area contributed by atoms with E-state index in [1.165, 1.54) is 0 Å². The predicted molar refractivity (Wildman–Crippen MR) is 67.8 cm³/mol. The van der Waals surface area contributed by atoms with Gasteiger partial charge in [-0.25, -0.2) is 0 Å². The third kappa shape index (κ3) is 2.71. The van der Waals surface area contributed by atoms with Crippen molar-refractivity contribution in [3.8, 4) is 0 Å². The first kappa shape index (κ1) is 11.8. The molecular weight excluding hydrogens is 236 g/mol. The highest BCUT2D eigenvalue weighted by Crippen LogP contribution is 2.05. The molecule has 0 radical (unpaired) electrons. The van der Waals surface area contributed by atoms with E-state index in [0.717, 1.165) is 24.4 Å². The van der Waals surface area contributed by atoms with Gasteiger partial charge in [-0.3, -0.25) is 5.10 Å². The van der Waals surface area contributed by atoms with E-state index in [-0.39, 0.29) is 0 Å². The van der Waals surface area contributed by atoms with Gasteiger partial charge in [-0.1, -0.05) is 6.92 Å². The van der Waals surface area contributed by atoms with Crippen molar-refractivity contribution in [3.05, 3.63) is 34.2 Å². The Morgan fingerprint density at radius 3 is 3.06 bits per heavy atom. The van der Waals surface area contributed by atoms with E-state index in [1.807, 2.05) is 19.1 Å². The van der Waals surface area contributed by atoms with Crippen LogP contribution in [-0.2, 0) is 6.42 Å². The van der Waals surface area contributed by atoms with E-state index in [9.17, 15) is 0 Å². The van der Waals surface area contributed by atoms with Crippen molar-refractivity contribution in [3.63, 3.8) is 0 Å². The molecule has 17 heavy (non-hydrogen) atoms. The fourth-order valence-corrected chi connectivity index (χ4v) is 1.66. The minimum atomic E-state index is 0.493. The van der Waals surface area contributed by atoms with E-state index < -0.39 is 0 Å². The number of nitrogens with one attached hydrogen (secondary N) is 1. The van der Waals surface area contributed by atoms with Crippen molar-refractivity contribution < 1.29 is 4.42 Å². The van der Waals surface area contributed by atoms with E-state index in [0.29, 0.717) is 10.5 Å². The third-order valence-electron chi connectivity index (χ3n) is 2.25. The summed E-state index contributed by atoms with van der Waals surface area (Å²) in [5.74, 6) is 2.39. The monoisotopic (exact) mass is 250 g/mol. The molecule has 2 heterocycles. The van der Waals surface area contributed by atoms with Crippen LogP contribution in [0, 0.1) is 11.7 Å².